The molecule has 0 spiro atoms. The molecule has 0 fully saturated rings. The van der Waals surface area contributed by atoms with Gasteiger partial charge in [-0.1, -0.05) is 87.6 Å². The van der Waals surface area contributed by atoms with E-state index in [0.717, 1.165) is 51.5 Å². The fourth-order valence-corrected chi connectivity index (χ4v) is 4.86. The van der Waals surface area contributed by atoms with E-state index in [1.165, 1.54) is 42.9 Å². The van der Waals surface area contributed by atoms with Crippen LogP contribution in [0.15, 0.2) is 66.7 Å². The van der Waals surface area contributed by atoms with Crippen molar-refractivity contribution in [2.24, 2.45) is 0 Å². The Kier molecular flexibility index (Phi) is 6.82. The summed E-state index contributed by atoms with van der Waals surface area (Å²) in [5.41, 5.74) is 4.54. The number of nitrogens with zero attached hydrogens (tertiary/aromatic N) is 2. The topological polar surface area (TPSA) is 49.8 Å². The van der Waals surface area contributed by atoms with E-state index >= 15 is 0 Å². The van der Waals surface area contributed by atoms with Gasteiger partial charge in [0, 0.05) is 23.0 Å². The summed E-state index contributed by atoms with van der Waals surface area (Å²) in [5, 5.41) is 12.0. The van der Waals surface area contributed by atoms with Crippen LogP contribution in [0.25, 0.3) is 43.6 Å². The average Bonchev–Trinajstić information content (AvgIpc) is 2.87. The average molecular weight is 467 g/mol. The number of hydrogen-bond acceptors (Lipinski definition) is 3. The summed E-state index contributed by atoms with van der Waals surface area (Å²) in [6, 6.07) is 22.9. The molecule has 172 valence electrons. The van der Waals surface area contributed by atoms with Crippen LogP contribution in [-0.2, 0) is 0 Å². The highest BCUT2D eigenvalue weighted by Gasteiger charge is 2.12. The second-order valence-electron chi connectivity index (χ2n) is 8.86. The number of benzene rings is 4. The largest absolute Gasteiger partial charge is 0.362 e. The number of hydrogen-bond donors (Lipinski definition) is 2. The second kappa shape index (κ2) is 10.3. The zero-order valence-electron chi connectivity index (χ0n) is 19.6. The van der Waals surface area contributed by atoms with E-state index in [-0.39, 0.29) is 0 Å². The van der Waals surface area contributed by atoms with Gasteiger partial charge in [-0.25, -0.2) is 9.97 Å². The normalized spacial score (nSPS) is 11.4. The van der Waals surface area contributed by atoms with Gasteiger partial charge in [-0.05, 0) is 47.6 Å². The summed E-state index contributed by atoms with van der Waals surface area (Å²) in [6.07, 6.45) is 7.64. The van der Waals surface area contributed by atoms with Crippen LogP contribution in [0.3, 0.4) is 0 Å². The van der Waals surface area contributed by atoms with Gasteiger partial charge in [0.05, 0.1) is 22.1 Å². The van der Waals surface area contributed by atoms with Gasteiger partial charge < -0.3 is 10.6 Å². The predicted octanol–water partition coefficient (Wildman–Crippen LogP) is 7.74. The number of thiocarbonyl (C=S) groups is 1. The Bertz CT molecular complexity index is 1480. The molecule has 1 aromatic heterocycles. The number of anilines is 1. The molecule has 0 amide bonds. The molecule has 5 aromatic rings. The van der Waals surface area contributed by atoms with Crippen molar-refractivity contribution in [1.29, 1.82) is 0 Å². The maximum atomic E-state index is 5.51. The summed E-state index contributed by atoms with van der Waals surface area (Å²) in [4.78, 5) is 10.1. The van der Waals surface area contributed by atoms with Crippen LogP contribution in [0.5, 0.6) is 0 Å². The van der Waals surface area contributed by atoms with Gasteiger partial charge in [0.2, 0.25) is 0 Å². The number of rotatable bonds is 8. The first-order chi connectivity index (χ1) is 16.7. The summed E-state index contributed by atoms with van der Waals surface area (Å²) < 4.78 is 0. The molecule has 34 heavy (non-hydrogen) atoms. The number of aromatic nitrogens is 2. The van der Waals surface area contributed by atoms with E-state index < -0.39 is 0 Å². The van der Waals surface area contributed by atoms with Crippen molar-refractivity contribution in [3.05, 3.63) is 66.7 Å². The highest BCUT2D eigenvalue weighted by atomic mass is 32.1. The van der Waals surface area contributed by atoms with Crippen LogP contribution < -0.4 is 10.6 Å². The van der Waals surface area contributed by atoms with E-state index in [1.54, 1.807) is 0 Å². The van der Waals surface area contributed by atoms with Crippen molar-refractivity contribution in [3.63, 3.8) is 0 Å². The smallest absolute Gasteiger partial charge is 0.170 e. The third-order valence-electron chi connectivity index (χ3n) is 6.39. The molecule has 0 unspecified atom stereocenters. The van der Waals surface area contributed by atoms with E-state index in [0.29, 0.717) is 5.11 Å². The first kappa shape index (κ1) is 22.5. The Morgan fingerprint density at radius 2 is 1.29 bits per heavy atom. The van der Waals surface area contributed by atoms with Crippen LogP contribution in [0.1, 0.15) is 45.4 Å². The minimum atomic E-state index is 0.651. The molecule has 0 atom stereocenters. The first-order valence-electron chi connectivity index (χ1n) is 12.3. The Balaban J connectivity index is 1.39. The van der Waals surface area contributed by atoms with Gasteiger partial charge in [-0.2, -0.15) is 0 Å². The van der Waals surface area contributed by atoms with Gasteiger partial charge in [0.25, 0.3) is 0 Å². The van der Waals surface area contributed by atoms with Crippen molar-refractivity contribution < 1.29 is 0 Å². The lowest BCUT2D eigenvalue weighted by Gasteiger charge is -2.12. The SMILES string of the molecule is CCCCCCCCNC(=S)Nc1ccc2nc3c4ccccc4c4ccccc4c3nc2c1. The minimum Gasteiger partial charge on any atom is -0.362 e. The Labute approximate surface area is 205 Å². The number of unbranched alkanes of at least 4 members (excludes halogenated alkanes) is 5. The highest BCUT2D eigenvalue weighted by molar-refractivity contribution is 7.80. The third kappa shape index (κ3) is 4.66. The molecule has 2 N–H and O–H groups in total. The summed E-state index contributed by atoms with van der Waals surface area (Å²) in [5.74, 6) is 0. The van der Waals surface area contributed by atoms with Gasteiger partial charge in [-0.15, -0.1) is 0 Å². The third-order valence-corrected chi connectivity index (χ3v) is 6.64. The molecule has 4 nitrogen and oxygen atoms in total. The summed E-state index contributed by atoms with van der Waals surface area (Å²) in [6.45, 7) is 3.14. The Morgan fingerprint density at radius 3 is 1.97 bits per heavy atom. The maximum absolute atomic E-state index is 5.51. The molecular formula is C29H30N4S. The molecule has 0 radical (unpaired) electrons. The molecule has 0 saturated carbocycles. The van der Waals surface area contributed by atoms with Gasteiger partial charge in [-0.3, -0.25) is 0 Å². The lowest BCUT2D eigenvalue weighted by molar-refractivity contribution is 0.603. The van der Waals surface area contributed by atoms with E-state index in [2.05, 4.69) is 66.1 Å². The minimum absolute atomic E-state index is 0.651. The molecule has 4 aromatic carbocycles. The summed E-state index contributed by atoms with van der Waals surface area (Å²) >= 11 is 5.51. The molecule has 0 bridgehead atoms. The molecule has 1 heterocycles. The Morgan fingerprint density at radius 1 is 0.706 bits per heavy atom. The molecule has 5 rings (SSSR count). The molecule has 0 saturated heterocycles. The molecule has 0 aliphatic carbocycles. The van der Waals surface area contributed by atoms with Crippen molar-refractivity contribution in [1.82, 2.24) is 15.3 Å². The van der Waals surface area contributed by atoms with E-state index in [9.17, 15) is 0 Å². The highest BCUT2D eigenvalue weighted by Crippen LogP contribution is 2.34. The van der Waals surface area contributed by atoms with Crippen LogP contribution in [0, 0.1) is 0 Å². The monoisotopic (exact) mass is 466 g/mol. The summed E-state index contributed by atoms with van der Waals surface area (Å²) in [7, 11) is 0. The maximum Gasteiger partial charge on any atom is 0.170 e. The fraction of sp³-hybridized carbons (Fsp3) is 0.276. The van der Waals surface area contributed by atoms with Gasteiger partial charge in [0.15, 0.2) is 5.11 Å². The molecule has 5 heteroatoms. The van der Waals surface area contributed by atoms with Gasteiger partial charge >= 0.3 is 0 Å². The standard InChI is InChI=1S/C29H30N4S/c1-2-3-4-5-6-11-18-30-29(34)31-20-16-17-25-26(19-20)33-28-24-15-10-8-13-22(24)21-12-7-9-14-23(21)27(28)32-25/h7-10,12-17,19H,2-6,11,18H2,1H3,(H2,30,31,34). The van der Waals surface area contributed by atoms with Crippen molar-refractivity contribution in [2.75, 3.05) is 11.9 Å². The quantitative estimate of drug-likeness (QED) is 0.106. The van der Waals surface area contributed by atoms with Crippen molar-refractivity contribution in [2.45, 2.75) is 45.4 Å². The van der Waals surface area contributed by atoms with E-state index in [1.807, 2.05) is 18.2 Å². The lowest BCUT2D eigenvalue weighted by atomic mass is 9.99. The first-order valence-corrected chi connectivity index (χ1v) is 12.7. The van der Waals surface area contributed by atoms with E-state index in [4.69, 9.17) is 22.2 Å². The predicted molar refractivity (Wildman–Crippen MR) is 150 cm³/mol. The fourth-order valence-electron chi connectivity index (χ4n) is 4.64. The molecule has 0 aliphatic heterocycles. The second-order valence-corrected chi connectivity index (χ2v) is 9.27. The molecule has 0 aliphatic rings. The zero-order valence-corrected chi connectivity index (χ0v) is 20.4. The van der Waals surface area contributed by atoms with Crippen molar-refractivity contribution in [3.8, 4) is 0 Å². The van der Waals surface area contributed by atoms with Crippen LogP contribution >= 0.6 is 12.2 Å². The van der Waals surface area contributed by atoms with Gasteiger partial charge in [0.1, 0.15) is 0 Å². The van der Waals surface area contributed by atoms with Crippen LogP contribution in [-0.4, -0.2) is 21.6 Å². The molecular weight excluding hydrogens is 436 g/mol. The number of nitrogens with one attached hydrogen (secondary N) is 2. The Hall–Kier alpha value is -3.31. The zero-order chi connectivity index (χ0) is 23.3. The lowest BCUT2D eigenvalue weighted by Crippen LogP contribution is -2.29. The number of fused-ring (bicyclic) bond motifs is 7. The van der Waals surface area contributed by atoms with Crippen LogP contribution in [0.2, 0.25) is 0 Å². The van der Waals surface area contributed by atoms with Crippen LogP contribution in [0.4, 0.5) is 5.69 Å². The van der Waals surface area contributed by atoms with Crippen molar-refractivity contribution >= 4 is 66.6 Å².